The largest absolute Gasteiger partial charge is 0.481 e. The SMILES string of the molecule is CCNC(=O)CNC(=O)N1CCC[C@@H](C(=O)O)C1. The molecule has 0 aromatic heterocycles. The lowest BCUT2D eigenvalue weighted by atomic mass is 9.99. The van der Waals surface area contributed by atoms with Gasteiger partial charge in [-0.25, -0.2) is 4.79 Å². The fourth-order valence-electron chi connectivity index (χ4n) is 1.89. The molecule has 0 bridgehead atoms. The predicted molar refractivity (Wildman–Crippen MR) is 64.0 cm³/mol. The van der Waals surface area contributed by atoms with Gasteiger partial charge in [0.1, 0.15) is 0 Å². The van der Waals surface area contributed by atoms with Gasteiger partial charge >= 0.3 is 12.0 Å². The Hall–Kier alpha value is -1.79. The van der Waals surface area contributed by atoms with Crippen LogP contribution in [-0.4, -0.2) is 54.1 Å². The van der Waals surface area contributed by atoms with Crippen LogP contribution in [0.4, 0.5) is 4.79 Å². The lowest BCUT2D eigenvalue weighted by Crippen LogP contribution is -2.49. The Labute approximate surface area is 106 Å². The Bertz CT molecular complexity index is 332. The second kappa shape index (κ2) is 6.83. The number of hydrogen-bond acceptors (Lipinski definition) is 3. The number of aliphatic carboxylic acids is 1. The third-order valence-electron chi connectivity index (χ3n) is 2.83. The molecule has 0 spiro atoms. The van der Waals surface area contributed by atoms with Crippen LogP contribution in [0.1, 0.15) is 19.8 Å². The molecule has 3 N–H and O–H groups in total. The summed E-state index contributed by atoms with van der Waals surface area (Å²) in [7, 11) is 0. The highest BCUT2D eigenvalue weighted by atomic mass is 16.4. The van der Waals surface area contributed by atoms with Gasteiger partial charge in [-0.15, -0.1) is 0 Å². The monoisotopic (exact) mass is 257 g/mol. The molecule has 18 heavy (non-hydrogen) atoms. The third-order valence-corrected chi connectivity index (χ3v) is 2.83. The number of carboxylic acid groups (broad SMARTS) is 1. The average molecular weight is 257 g/mol. The number of rotatable bonds is 4. The lowest BCUT2D eigenvalue weighted by Gasteiger charge is -2.30. The summed E-state index contributed by atoms with van der Waals surface area (Å²) < 4.78 is 0. The number of nitrogens with zero attached hydrogens (tertiary/aromatic N) is 1. The highest BCUT2D eigenvalue weighted by Gasteiger charge is 2.28. The van der Waals surface area contributed by atoms with Crippen LogP contribution in [0.15, 0.2) is 0 Å². The Morgan fingerprint density at radius 2 is 2.06 bits per heavy atom. The van der Waals surface area contributed by atoms with E-state index in [1.54, 1.807) is 6.92 Å². The van der Waals surface area contributed by atoms with Crippen molar-refractivity contribution < 1.29 is 19.5 Å². The molecule has 1 fully saturated rings. The molecule has 1 heterocycles. The smallest absolute Gasteiger partial charge is 0.317 e. The number of hydrogen-bond donors (Lipinski definition) is 3. The summed E-state index contributed by atoms with van der Waals surface area (Å²) in [6.45, 7) is 2.96. The fourth-order valence-corrected chi connectivity index (χ4v) is 1.89. The zero-order chi connectivity index (χ0) is 13.5. The van der Waals surface area contributed by atoms with Crippen molar-refractivity contribution in [1.82, 2.24) is 15.5 Å². The van der Waals surface area contributed by atoms with Gasteiger partial charge in [0, 0.05) is 19.6 Å². The molecule has 0 saturated carbocycles. The minimum atomic E-state index is -0.878. The first-order valence-electron chi connectivity index (χ1n) is 6.06. The Kier molecular flexibility index (Phi) is 5.41. The number of carbonyl (C=O) groups is 3. The summed E-state index contributed by atoms with van der Waals surface area (Å²) in [5, 5.41) is 13.9. The molecule has 0 aliphatic carbocycles. The fraction of sp³-hybridized carbons (Fsp3) is 0.727. The molecule has 0 radical (unpaired) electrons. The molecular weight excluding hydrogens is 238 g/mol. The minimum Gasteiger partial charge on any atom is -0.481 e. The first kappa shape index (κ1) is 14.3. The number of amides is 3. The van der Waals surface area contributed by atoms with Crippen molar-refractivity contribution in [2.24, 2.45) is 5.92 Å². The molecule has 7 nitrogen and oxygen atoms in total. The summed E-state index contributed by atoms with van der Waals surface area (Å²) in [5.74, 6) is -1.64. The molecule has 1 aliphatic rings. The number of likely N-dealkylation sites (tertiary alicyclic amines) is 1. The van der Waals surface area contributed by atoms with Gasteiger partial charge in [-0.3, -0.25) is 9.59 Å². The van der Waals surface area contributed by atoms with Gasteiger partial charge in [-0.1, -0.05) is 0 Å². The van der Waals surface area contributed by atoms with Crippen LogP contribution >= 0.6 is 0 Å². The van der Waals surface area contributed by atoms with E-state index < -0.39 is 11.9 Å². The van der Waals surface area contributed by atoms with Gasteiger partial charge in [0.25, 0.3) is 0 Å². The number of likely N-dealkylation sites (N-methyl/N-ethyl adjacent to an activating group) is 1. The number of carbonyl (C=O) groups excluding carboxylic acids is 2. The summed E-state index contributed by atoms with van der Waals surface area (Å²) in [4.78, 5) is 35.2. The van der Waals surface area contributed by atoms with Gasteiger partial charge < -0.3 is 20.6 Å². The van der Waals surface area contributed by atoms with Crippen LogP contribution in [0, 0.1) is 5.92 Å². The van der Waals surface area contributed by atoms with Crippen LogP contribution in [0.25, 0.3) is 0 Å². The highest BCUT2D eigenvalue weighted by Crippen LogP contribution is 2.16. The van der Waals surface area contributed by atoms with E-state index in [-0.39, 0.29) is 25.0 Å². The van der Waals surface area contributed by atoms with Crippen molar-refractivity contribution in [3.05, 3.63) is 0 Å². The first-order chi connectivity index (χ1) is 8.54. The van der Waals surface area contributed by atoms with Gasteiger partial charge in [-0.05, 0) is 19.8 Å². The van der Waals surface area contributed by atoms with Gasteiger partial charge in [0.15, 0.2) is 0 Å². The maximum absolute atomic E-state index is 11.7. The maximum atomic E-state index is 11.7. The van der Waals surface area contributed by atoms with Crippen molar-refractivity contribution >= 4 is 17.9 Å². The number of urea groups is 1. The maximum Gasteiger partial charge on any atom is 0.317 e. The summed E-state index contributed by atoms with van der Waals surface area (Å²) >= 11 is 0. The molecule has 3 amide bonds. The standard InChI is InChI=1S/C11H19N3O4/c1-2-12-9(15)6-13-11(18)14-5-3-4-8(7-14)10(16)17/h8H,2-7H2,1H3,(H,12,15)(H,13,18)(H,16,17)/t8-/m1/s1. The van der Waals surface area contributed by atoms with Crippen LogP contribution < -0.4 is 10.6 Å². The summed E-state index contributed by atoms with van der Waals surface area (Å²) in [6, 6.07) is -0.382. The Balaban J connectivity index is 2.37. The van der Waals surface area contributed by atoms with E-state index in [0.29, 0.717) is 25.9 Å². The Morgan fingerprint density at radius 3 is 2.67 bits per heavy atom. The second-order valence-electron chi connectivity index (χ2n) is 4.24. The number of piperidine rings is 1. The predicted octanol–water partition coefficient (Wildman–Crippen LogP) is -0.371. The summed E-state index contributed by atoms with van der Waals surface area (Å²) in [6.07, 6.45) is 1.26. The van der Waals surface area contributed by atoms with E-state index in [0.717, 1.165) is 0 Å². The van der Waals surface area contributed by atoms with Crippen LogP contribution in [0.2, 0.25) is 0 Å². The van der Waals surface area contributed by atoms with E-state index >= 15 is 0 Å². The molecule has 0 aromatic rings. The van der Waals surface area contributed by atoms with Crippen LogP contribution in [-0.2, 0) is 9.59 Å². The molecule has 1 saturated heterocycles. The van der Waals surface area contributed by atoms with E-state index in [1.807, 2.05) is 0 Å². The number of nitrogens with one attached hydrogen (secondary N) is 2. The van der Waals surface area contributed by atoms with E-state index in [9.17, 15) is 14.4 Å². The molecule has 0 unspecified atom stereocenters. The number of carboxylic acids is 1. The van der Waals surface area contributed by atoms with E-state index in [1.165, 1.54) is 4.90 Å². The molecule has 1 rings (SSSR count). The normalized spacial score (nSPS) is 19.2. The van der Waals surface area contributed by atoms with Crippen molar-refractivity contribution in [3.63, 3.8) is 0 Å². The van der Waals surface area contributed by atoms with Crippen molar-refractivity contribution in [3.8, 4) is 0 Å². The minimum absolute atomic E-state index is 0.0824. The second-order valence-corrected chi connectivity index (χ2v) is 4.24. The molecule has 1 atom stereocenters. The molecule has 1 aliphatic heterocycles. The van der Waals surface area contributed by atoms with Crippen molar-refractivity contribution in [1.29, 1.82) is 0 Å². The van der Waals surface area contributed by atoms with Gasteiger partial charge in [0.05, 0.1) is 12.5 Å². The molecular formula is C11H19N3O4. The van der Waals surface area contributed by atoms with Crippen LogP contribution in [0.5, 0.6) is 0 Å². The average Bonchev–Trinajstić information content (AvgIpc) is 2.36. The summed E-state index contributed by atoms with van der Waals surface area (Å²) in [5.41, 5.74) is 0. The molecule has 102 valence electrons. The quantitative estimate of drug-likeness (QED) is 0.640. The van der Waals surface area contributed by atoms with E-state index in [2.05, 4.69) is 10.6 Å². The zero-order valence-corrected chi connectivity index (χ0v) is 10.4. The first-order valence-corrected chi connectivity index (χ1v) is 6.06. The molecule has 7 heteroatoms. The van der Waals surface area contributed by atoms with Crippen LogP contribution in [0.3, 0.4) is 0 Å². The third kappa shape index (κ3) is 4.23. The lowest BCUT2D eigenvalue weighted by molar-refractivity contribution is -0.143. The highest BCUT2D eigenvalue weighted by molar-refractivity contribution is 5.84. The van der Waals surface area contributed by atoms with E-state index in [4.69, 9.17) is 5.11 Å². The zero-order valence-electron chi connectivity index (χ0n) is 10.4. The van der Waals surface area contributed by atoms with Crippen molar-refractivity contribution in [2.45, 2.75) is 19.8 Å². The molecule has 0 aromatic carbocycles. The van der Waals surface area contributed by atoms with Gasteiger partial charge in [0.2, 0.25) is 5.91 Å². The van der Waals surface area contributed by atoms with Crippen molar-refractivity contribution in [2.75, 3.05) is 26.2 Å². The van der Waals surface area contributed by atoms with Gasteiger partial charge in [-0.2, -0.15) is 0 Å². The Morgan fingerprint density at radius 1 is 1.33 bits per heavy atom. The topological polar surface area (TPSA) is 98.7 Å².